The number of benzene rings is 2. The van der Waals surface area contributed by atoms with Gasteiger partial charge in [-0.3, -0.25) is 9.69 Å². The fraction of sp³-hybridized carbons (Fsp3) is 0.348. The number of guanidine groups is 1. The Bertz CT molecular complexity index is 1080. The van der Waals surface area contributed by atoms with Crippen LogP contribution >= 0.6 is 0 Å². The molecular formula is C23H25N5O3. The number of anilines is 1. The smallest absolute Gasteiger partial charge is 0.328 e. The van der Waals surface area contributed by atoms with Crippen LogP contribution in [0.5, 0.6) is 5.75 Å². The van der Waals surface area contributed by atoms with Crippen molar-refractivity contribution in [2.24, 2.45) is 4.99 Å². The quantitative estimate of drug-likeness (QED) is 0.761. The van der Waals surface area contributed by atoms with Gasteiger partial charge in [0.25, 0.3) is 5.91 Å². The number of aryl methyl sites for hydroxylation is 1. The molecule has 0 spiro atoms. The summed E-state index contributed by atoms with van der Waals surface area (Å²) >= 11 is 0. The molecule has 2 saturated heterocycles. The molecule has 5 rings (SSSR count). The third kappa shape index (κ3) is 2.93. The number of methoxy groups -OCH3 is 1. The number of likely N-dealkylation sites (N-methyl/N-ethyl adjacent to an activating group) is 1. The van der Waals surface area contributed by atoms with Crippen molar-refractivity contribution in [1.29, 1.82) is 0 Å². The third-order valence-corrected chi connectivity index (χ3v) is 6.34. The molecule has 0 radical (unpaired) electrons. The molecule has 3 heterocycles. The highest BCUT2D eigenvalue weighted by Crippen LogP contribution is 2.36. The average Bonchev–Trinajstić information content (AvgIpc) is 3.36. The van der Waals surface area contributed by atoms with Crippen LogP contribution in [0, 0.1) is 6.92 Å². The SMILES string of the molecule is COc1ccccc1N1CCN2C1=NC1C2C(=O)N(Cc2ccccc2C)C(=O)N1C. The second-order valence-corrected chi connectivity index (χ2v) is 8.05. The van der Waals surface area contributed by atoms with Crippen LogP contribution in [0.4, 0.5) is 10.5 Å². The van der Waals surface area contributed by atoms with E-state index in [1.54, 1.807) is 19.1 Å². The lowest BCUT2D eigenvalue weighted by Gasteiger charge is -2.40. The van der Waals surface area contributed by atoms with Gasteiger partial charge in [-0.25, -0.2) is 9.79 Å². The fourth-order valence-electron chi connectivity index (χ4n) is 4.62. The number of nitrogens with zero attached hydrogens (tertiary/aromatic N) is 5. The molecule has 3 aliphatic heterocycles. The molecule has 2 aromatic carbocycles. The zero-order valence-electron chi connectivity index (χ0n) is 17.9. The Morgan fingerprint density at radius 1 is 1.06 bits per heavy atom. The molecule has 160 valence electrons. The first-order chi connectivity index (χ1) is 15.0. The van der Waals surface area contributed by atoms with Crippen molar-refractivity contribution in [2.75, 3.05) is 32.1 Å². The zero-order chi connectivity index (χ0) is 21.7. The highest BCUT2D eigenvalue weighted by molar-refractivity contribution is 6.08. The molecule has 0 N–H and O–H groups in total. The Kier molecular flexibility index (Phi) is 4.57. The van der Waals surface area contributed by atoms with Crippen LogP contribution < -0.4 is 9.64 Å². The summed E-state index contributed by atoms with van der Waals surface area (Å²) in [6.45, 7) is 3.61. The number of hydrogen-bond donors (Lipinski definition) is 0. The van der Waals surface area contributed by atoms with E-state index in [0.717, 1.165) is 22.6 Å². The molecule has 0 aliphatic carbocycles. The minimum absolute atomic E-state index is 0.197. The van der Waals surface area contributed by atoms with Gasteiger partial charge >= 0.3 is 6.03 Å². The van der Waals surface area contributed by atoms with Gasteiger partial charge < -0.3 is 19.4 Å². The molecule has 2 aromatic rings. The van der Waals surface area contributed by atoms with E-state index in [2.05, 4.69) is 4.90 Å². The first-order valence-corrected chi connectivity index (χ1v) is 10.4. The fourth-order valence-corrected chi connectivity index (χ4v) is 4.62. The summed E-state index contributed by atoms with van der Waals surface area (Å²) in [6.07, 6.45) is -0.527. The number of para-hydroxylation sites is 2. The summed E-state index contributed by atoms with van der Waals surface area (Å²) in [4.78, 5) is 38.4. The van der Waals surface area contributed by atoms with Crippen molar-refractivity contribution >= 4 is 23.6 Å². The van der Waals surface area contributed by atoms with Crippen LogP contribution in [0.15, 0.2) is 53.5 Å². The monoisotopic (exact) mass is 419 g/mol. The molecule has 2 fully saturated rings. The van der Waals surface area contributed by atoms with Crippen LogP contribution in [-0.4, -0.2) is 72.1 Å². The van der Waals surface area contributed by atoms with Gasteiger partial charge in [0.05, 0.1) is 19.3 Å². The topological polar surface area (TPSA) is 68.7 Å². The Morgan fingerprint density at radius 3 is 2.58 bits per heavy atom. The van der Waals surface area contributed by atoms with Crippen LogP contribution in [0.1, 0.15) is 11.1 Å². The summed E-state index contributed by atoms with van der Waals surface area (Å²) in [5.74, 6) is 1.26. The molecule has 3 amide bonds. The number of urea groups is 1. The van der Waals surface area contributed by atoms with Gasteiger partial charge in [0.15, 0.2) is 12.2 Å². The lowest BCUT2D eigenvalue weighted by atomic mass is 10.1. The number of aliphatic imine (C=N–C) groups is 1. The zero-order valence-corrected chi connectivity index (χ0v) is 17.9. The van der Waals surface area contributed by atoms with Crippen molar-refractivity contribution in [1.82, 2.24) is 14.7 Å². The standard InChI is InChI=1S/C23H25N5O3/c1-15-8-4-5-9-16(15)14-28-21(29)19-20(25(2)23(28)30)24-22-26(12-13-27(19)22)17-10-6-7-11-18(17)31-3/h4-11,19-20H,12-14H2,1-3H3. The molecule has 0 aromatic heterocycles. The van der Waals surface area contributed by atoms with E-state index in [1.807, 2.05) is 60.4 Å². The van der Waals surface area contributed by atoms with Crippen LogP contribution in [0.25, 0.3) is 0 Å². The van der Waals surface area contributed by atoms with Gasteiger partial charge in [0, 0.05) is 20.1 Å². The largest absolute Gasteiger partial charge is 0.495 e. The molecule has 2 atom stereocenters. The van der Waals surface area contributed by atoms with Gasteiger partial charge in [-0.05, 0) is 30.2 Å². The maximum atomic E-state index is 13.5. The second kappa shape index (κ2) is 7.30. The number of carbonyl (C=O) groups is 2. The molecule has 0 bridgehead atoms. The molecule has 8 heteroatoms. The second-order valence-electron chi connectivity index (χ2n) is 8.05. The first-order valence-electron chi connectivity index (χ1n) is 10.4. The van der Waals surface area contributed by atoms with Crippen molar-refractivity contribution in [3.05, 3.63) is 59.7 Å². The molecule has 31 heavy (non-hydrogen) atoms. The van der Waals surface area contributed by atoms with Crippen molar-refractivity contribution < 1.29 is 14.3 Å². The van der Waals surface area contributed by atoms with Crippen molar-refractivity contribution in [3.63, 3.8) is 0 Å². The van der Waals surface area contributed by atoms with Crippen molar-refractivity contribution in [3.8, 4) is 5.75 Å². The number of ether oxygens (including phenoxy) is 1. The number of amides is 3. The van der Waals surface area contributed by atoms with Gasteiger partial charge in [0.2, 0.25) is 5.96 Å². The summed E-state index contributed by atoms with van der Waals surface area (Å²) in [6, 6.07) is 14.8. The van der Waals surface area contributed by atoms with E-state index in [-0.39, 0.29) is 18.5 Å². The maximum Gasteiger partial charge on any atom is 0.328 e. The lowest BCUT2D eigenvalue weighted by Crippen LogP contribution is -2.64. The summed E-state index contributed by atoms with van der Waals surface area (Å²) < 4.78 is 5.52. The average molecular weight is 419 g/mol. The Hall–Kier alpha value is -3.55. The molecule has 3 aliphatic rings. The highest BCUT2D eigenvalue weighted by Gasteiger charge is 2.54. The number of fused-ring (bicyclic) bond motifs is 3. The maximum absolute atomic E-state index is 13.5. The number of carbonyl (C=O) groups excluding carboxylic acids is 2. The van der Waals surface area contributed by atoms with E-state index >= 15 is 0 Å². The van der Waals surface area contributed by atoms with E-state index in [1.165, 1.54) is 4.90 Å². The first kappa shape index (κ1) is 19.4. The molecule has 0 saturated carbocycles. The predicted octanol–water partition coefficient (Wildman–Crippen LogP) is 2.28. The highest BCUT2D eigenvalue weighted by atomic mass is 16.5. The normalized spacial score (nSPS) is 22.6. The van der Waals surface area contributed by atoms with Gasteiger partial charge in [-0.1, -0.05) is 36.4 Å². The summed E-state index contributed by atoms with van der Waals surface area (Å²) in [7, 11) is 3.36. The molecular weight excluding hydrogens is 394 g/mol. The van der Waals surface area contributed by atoms with Gasteiger partial charge in [-0.15, -0.1) is 0 Å². The minimum Gasteiger partial charge on any atom is -0.495 e. The summed E-state index contributed by atoms with van der Waals surface area (Å²) in [5.41, 5.74) is 2.93. The molecule has 8 nitrogen and oxygen atoms in total. The Morgan fingerprint density at radius 2 is 1.81 bits per heavy atom. The predicted molar refractivity (Wildman–Crippen MR) is 117 cm³/mol. The van der Waals surface area contributed by atoms with Gasteiger partial charge in [-0.2, -0.15) is 0 Å². The number of imide groups is 1. The number of hydrogen-bond acceptors (Lipinski definition) is 6. The summed E-state index contributed by atoms with van der Waals surface area (Å²) in [5, 5.41) is 0. The number of rotatable bonds is 4. The van der Waals surface area contributed by atoms with E-state index in [9.17, 15) is 9.59 Å². The van der Waals surface area contributed by atoms with Gasteiger partial charge in [0.1, 0.15) is 5.75 Å². The molecule has 2 unspecified atom stereocenters. The van der Waals surface area contributed by atoms with E-state index < -0.39 is 12.2 Å². The minimum atomic E-state index is -0.527. The van der Waals surface area contributed by atoms with E-state index in [4.69, 9.17) is 9.73 Å². The van der Waals surface area contributed by atoms with Crippen molar-refractivity contribution in [2.45, 2.75) is 25.7 Å². The van der Waals surface area contributed by atoms with Crippen LogP contribution in [0.3, 0.4) is 0 Å². The lowest BCUT2D eigenvalue weighted by molar-refractivity contribution is -0.137. The Balaban J connectivity index is 1.46. The van der Waals surface area contributed by atoms with E-state index in [0.29, 0.717) is 19.0 Å². The Labute approximate surface area is 181 Å². The third-order valence-electron chi connectivity index (χ3n) is 6.34. The van der Waals surface area contributed by atoms with Crippen LogP contribution in [0.2, 0.25) is 0 Å². The van der Waals surface area contributed by atoms with Crippen LogP contribution in [-0.2, 0) is 11.3 Å².